The average Bonchev–Trinajstić information content (AvgIpc) is 2.82. The molecule has 1 aromatic carbocycles. The summed E-state index contributed by atoms with van der Waals surface area (Å²) in [5.41, 5.74) is 2.01. The number of aromatic nitrogens is 2. The highest BCUT2D eigenvalue weighted by Crippen LogP contribution is 2.29. The lowest BCUT2D eigenvalue weighted by molar-refractivity contribution is 0.619. The molecule has 0 saturated carbocycles. The summed E-state index contributed by atoms with van der Waals surface area (Å²) in [6.07, 6.45) is 0. The molecule has 19 heavy (non-hydrogen) atoms. The molecule has 1 N–H and O–H groups in total. The lowest BCUT2D eigenvalue weighted by Crippen LogP contribution is -1.96. The van der Waals surface area contributed by atoms with Crippen LogP contribution >= 0.6 is 22.9 Å². The van der Waals surface area contributed by atoms with Gasteiger partial charge in [-0.1, -0.05) is 6.07 Å². The predicted molar refractivity (Wildman–Crippen MR) is 76.8 cm³/mol. The van der Waals surface area contributed by atoms with Gasteiger partial charge in [-0.05, 0) is 47.7 Å². The highest BCUT2D eigenvalue weighted by molar-refractivity contribution is 7.17. The van der Waals surface area contributed by atoms with Crippen LogP contribution in [0.3, 0.4) is 0 Å². The molecule has 2 heterocycles. The van der Waals surface area contributed by atoms with Crippen molar-refractivity contribution in [2.75, 3.05) is 5.32 Å². The summed E-state index contributed by atoms with van der Waals surface area (Å²) in [6, 6.07) is 6.82. The molecule has 2 aromatic heterocycles. The number of hydrogen-bond donors (Lipinski definition) is 1. The minimum absolute atomic E-state index is 0.168. The highest BCUT2D eigenvalue weighted by atomic mass is 35.5. The number of hydrogen-bond acceptors (Lipinski definition) is 4. The SMILES string of the molecule is Cc1ccc(Nc2nc(Cl)nc3ccsc23)cc1F. The zero-order valence-corrected chi connectivity index (χ0v) is 11.5. The molecule has 0 unspecified atom stereocenters. The number of fused-ring (bicyclic) bond motifs is 1. The maximum absolute atomic E-state index is 13.5. The van der Waals surface area contributed by atoms with Gasteiger partial charge in [-0.25, -0.2) is 9.37 Å². The number of benzene rings is 1. The molecule has 0 fully saturated rings. The van der Waals surface area contributed by atoms with Crippen molar-refractivity contribution in [3.63, 3.8) is 0 Å². The number of halogens is 2. The summed E-state index contributed by atoms with van der Waals surface area (Å²) in [4.78, 5) is 8.27. The van der Waals surface area contributed by atoms with Gasteiger partial charge in [0.05, 0.1) is 10.2 Å². The Hall–Kier alpha value is -1.72. The fraction of sp³-hybridized carbons (Fsp3) is 0.0769. The molecular weight excluding hydrogens is 285 g/mol. The van der Waals surface area contributed by atoms with E-state index in [1.165, 1.54) is 17.4 Å². The Morgan fingerprint density at radius 2 is 2.11 bits per heavy atom. The second-order valence-corrected chi connectivity index (χ2v) is 5.32. The lowest BCUT2D eigenvalue weighted by atomic mass is 10.2. The van der Waals surface area contributed by atoms with Gasteiger partial charge in [-0.15, -0.1) is 11.3 Å². The van der Waals surface area contributed by atoms with Gasteiger partial charge >= 0.3 is 0 Å². The van der Waals surface area contributed by atoms with Gasteiger partial charge in [-0.3, -0.25) is 0 Å². The second kappa shape index (κ2) is 4.75. The minimum Gasteiger partial charge on any atom is -0.339 e. The Morgan fingerprint density at radius 3 is 2.89 bits per heavy atom. The van der Waals surface area contributed by atoms with Crippen molar-refractivity contribution in [2.24, 2.45) is 0 Å². The number of anilines is 2. The highest BCUT2D eigenvalue weighted by Gasteiger charge is 2.09. The summed E-state index contributed by atoms with van der Waals surface area (Å²) in [7, 11) is 0. The first kappa shape index (κ1) is 12.3. The molecule has 0 saturated heterocycles. The van der Waals surface area contributed by atoms with Crippen molar-refractivity contribution in [3.05, 3.63) is 46.3 Å². The summed E-state index contributed by atoms with van der Waals surface area (Å²) < 4.78 is 14.4. The monoisotopic (exact) mass is 293 g/mol. The summed E-state index contributed by atoms with van der Waals surface area (Å²) >= 11 is 7.38. The molecule has 0 aliphatic carbocycles. The Bertz CT molecular complexity index is 757. The van der Waals surface area contributed by atoms with Crippen molar-refractivity contribution in [1.82, 2.24) is 9.97 Å². The molecule has 96 valence electrons. The maximum Gasteiger partial charge on any atom is 0.224 e. The molecule has 0 spiro atoms. The third kappa shape index (κ3) is 2.39. The van der Waals surface area contributed by atoms with Crippen LogP contribution in [0.15, 0.2) is 29.6 Å². The second-order valence-electron chi connectivity index (χ2n) is 4.07. The minimum atomic E-state index is -0.257. The van der Waals surface area contributed by atoms with E-state index in [2.05, 4.69) is 15.3 Å². The zero-order chi connectivity index (χ0) is 13.4. The number of nitrogens with zero attached hydrogens (tertiary/aromatic N) is 2. The van der Waals surface area contributed by atoms with Crippen LogP contribution < -0.4 is 5.32 Å². The van der Waals surface area contributed by atoms with Gasteiger partial charge < -0.3 is 5.32 Å². The van der Waals surface area contributed by atoms with Crippen molar-refractivity contribution in [2.45, 2.75) is 6.92 Å². The zero-order valence-electron chi connectivity index (χ0n) is 9.95. The van der Waals surface area contributed by atoms with Gasteiger partial charge in [0.15, 0.2) is 5.82 Å². The van der Waals surface area contributed by atoms with Gasteiger partial charge in [0.25, 0.3) is 0 Å². The van der Waals surface area contributed by atoms with E-state index in [9.17, 15) is 4.39 Å². The van der Waals surface area contributed by atoms with Crippen molar-refractivity contribution >= 4 is 44.7 Å². The van der Waals surface area contributed by atoms with Gasteiger partial charge in [0, 0.05) is 5.69 Å². The number of thiophene rings is 1. The summed E-state index contributed by atoms with van der Waals surface area (Å²) in [6.45, 7) is 1.72. The number of aryl methyl sites for hydroxylation is 1. The number of rotatable bonds is 2. The van der Waals surface area contributed by atoms with Crippen molar-refractivity contribution in [1.29, 1.82) is 0 Å². The van der Waals surface area contributed by atoms with Crippen LogP contribution in [-0.4, -0.2) is 9.97 Å². The van der Waals surface area contributed by atoms with E-state index in [0.717, 1.165) is 10.2 Å². The van der Waals surface area contributed by atoms with E-state index in [0.29, 0.717) is 17.1 Å². The fourth-order valence-corrected chi connectivity index (χ4v) is 2.68. The molecule has 0 aliphatic heterocycles. The normalized spacial score (nSPS) is 10.9. The van der Waals surface area contributed by atoms with E-state index in [1.807, 2.05) is 11.4 Å². The number of nitrogens with one attached hydrogen (secondary N) is 1. The van der Waals surface area contributed by atoms with Gasteiger partial charge in [-0.2, -0.15) is 4.98 Å². The standard InChI is InChI=1S/C13H9ClFN3S/c1-7-2-3-8(6-9(7)15)16-12-11-10(4-5-19-11)17-13(14)18-12/h2-6H,1H3,(H,16,17,18). The molecule has 0 aliphatic rings. The smallest absolute Gasteiger partial charge is 0.224 e. The first-order chi connectivity index (χ1) is 9.13. The molecule has 0 amide bonds. The average molecular weight is 294 g/mol. The van der Waals surface area contributed by atoms with Crippen LogP contribution in [0.25, 0.3) is 10.2 Å². The molecule has 0 bridgehead atoms. The molecule has 6 heteroatoms. The van der Waals surface area contributed by atoms with E-state index in [4.69, 9.17) is 11.6 Å². The topological polar surface area (TPSA) is 37.8 Å². The summed E-state index contributed by atoms with van der Waals surface area (Å²) in [5.74, 6) is 0.334. The first-order valence-corrected chi connectivity index (χ1v) is 6.83. The Kier molecular flexibility index (Phi) is 3.08. The van der Waals surface area contributed by atoms with E-state index in [1.54, 1.807) is 19.1 Å². The van der Waals surface area contributed by atoms with Crippen LogP contribution in [0.1, 0.15) is 5.56 Å². The molecule has 3 nitrogen and oxygen atoms in total. The Morgan fingerprint density at radius 1 is 1.26 bits per heavy atom. The van der Waals surface area contributed by atoms with Crippen LogP contribution in [-0.2, 0) is 0 Å². The van der Waals surface area contributed by atoms with Crippen molar-refractivity contribution in [3.8, 4) is 0 Å². The van der Waals surface area contributed by atoms with Gasteiger partial charge in [0.1, 0.15) is 5.82 Å². The quantitative estimate of drug-likeness (QED) is 0.705. The molecule has 3 rings (SSSR count). The predicted octanol–water partition coefficient (Wildman–Crippen LogP) is 4.54. The van der Waals surface area contributed by atoms with Gasteiger partial charge in [0.2, 0.25) is 5.28 Å². The van der Waals surface area contributed by atoms with E-state index < -0.39 is 0 Å². The largest absolute Gasteiger partial charge is 0.339 e. The third-order valence-corrected chi connectivity index (χ3v) is 3.79. The lowest BCUT2D eigenvalue weighted by Gasteiger charge is -2.07. The van der Waals surface area contributed by atoms with Crippen LogP contribution in [0.4, 0.5) is 15.9 Å². The van der Waals surface area contributed by atoms with Crippen molar-refractivity contribution < 1.29 is 4.39 Å². The first-order valence-electron chi connectivity index (χ1n) is 5.57. The van der Waals surface area contributed by atoms with E-state index >= 15 is 0 Å². The summed E-state index contributed by atoms with van der Waals surface area (Å²) in [5, 5.41) is 5.16. The molecule has 0 atom stereocenters. The van der Waals surface area contributed by atoms with E-state index in [-0.39, 0.29) is 11.1 Å². The van der Waals surface area contributed by atoms with Crippen LogP contribution in [0.5, 0.6) is 0 Å². The maximum atomic E-state index is 13.5. The molecule has 0 radical (unpaired) electrons. The fourth-order valence-electron chi connectivity index (χ4n) is 1.73. The molecule has 3 aromatic rings. The third-order valence-electron chi connectivity index (χ3n) is 2.71. The Labute approximate surface area is 118 Å². The Balaban J connectivity index is 2.04. The van der Waals surface area contributed by atoms with Crippen LogP contribution in [0.2, 0.25) is 5.28 Å². The molecular formula is C13H9ClFN3S. The van der Waals surface area contributed by atoms with Crippen LogP contribution in [0, 0.1) is 12.7 Å².